The van der Waals surface area contributed by atoms with Crippen molar-refractivity contribution in [2.75, 3.05) is 30.4 Å². The Morgan fingerprint density at radius 1 is 0.971 bits per heavy atom. The molecule has 7 nitrogen and oxygen atoms in total. The van der Waals surface area contributed by atoms with Crippen LogP contribution in [0.1, 0.15) is 5.56 Å². The standard InChI is InChI=1S/C23H20ClF3N2O5S/c1-33-20-11-9-16(13-21(20)34-2)28-22(30)14-29(35(31,32)17-6-4-3-5-7-17)19-12-15(23(25,26)27)8-10-18(19)24/h3-13H,14H2,1-2H3,(H,28,30). The zero-order chi connectivity index (χ0) is 25.8. The fourth-order valence-corrected chi connectivity index (χ4v) is 4.87. The number of anilines is 2. The molecule has 0 saturated carbocycles. The van der Waals surface area contributed by atoms with Crippen molar-refractivity contribution in [1.29, 1.82) is 0 Å². The van der Waals surface area contributed by atoms with Gasteiger partial charge in [-0.25, -0.2) is 8.42 Å². The van der Waals surface area contributed by atoms with E-state index in [4.69, 9.17) is 21.1 Å². The molecule has 35 heavy (non-hydrogen) atoms. The summed E-state index contributed by atoms with van der Waals surface area (Å²) < 4.78 is 77.7. The van der Waals surface area contributed by atoms with Crippen molar-refractivity contribution < 1.29 is 35.9 Å². The highest BCUT2D eigenvalue weighted by Gasteiger charge is 2.34. The van der Waals surface area contributed by atoms with E-state index in [0.717, 1.165) is 12.1 Å². The molecule has 0 aliphatic heterocycles. The van der Waals surface area contributed by atoms with E-state index in [0.29, 0.717) is 21.9 Å². The molecule has 3 aromatic carbocycles. The number of hydrogen-bond donors (Lipinski definition) is 1. The number of benzene rings is 3. The van der Waals surface area contributed by atoms with Gasteiger partial charge < -0.3 is 14.8 Å². The smallest absolute Gasteiger partial charge is 0.416 e. The SMILES string of the molecule is COc1ccc(NC(=O)CN(c2cc(C(F)(F)F)ccc2Cl)S(=O)(=O)c2ccccc2)cc1OC. The maximum Gasteiger partial charge on any atom is 0.416 e. The molecule has 0 unspecified atom stereocenters. The molecule has 0 aromatic heterocycles. The third-order valence-corrected chi connectivity index (χ3v) is 6.92. The van der Waals surface area contributed by atoms with E-state index < -0.39 is 39.9 Å². The Hall–Kier alpha value is -3.44. The van der Waals surface area contributed by atoms with Gasteiger partial charge in [-0.1, -0.05) is 29.8 Å². The number of hydrogen-bond acceptors (Lipinski definition) is 5. The van der Waals surface area contributed by atoms with Crippen LogP contribution >= 0.6 is 11.6 Å². The van der Waals surface area contributed by atoms with Crippen LogP contribution in [-0.2, 0) is 21.0 Å². The second-order valence-corrected chi connectivity index (χ2v) is 9.38. The number of nitrogens with zero attached hydrogens (tertiary/aromatic N) is 1. The minimum atomic E-state index is -4.76. The number of rotatable bonds is 8. The van der Waals surface area contributed by atoms with Gasteiger partial charge in [-0.05, 0) is 42.5 Å². The zero-order valence-corrected chi connectivity index (χ0v) is 20.0. The highest BCUT2D eigenvalue weighted by molar-refractivity contribution is 7.92. The second kappa shape index (κ2) is 10.4. The first kappa shape index (κ1) is 26.2. The molecule has 0 spiro atoms. The van der Waals surface area contributed by atoms with Crippen LogP contribution in [-0.4, -0.2) is 35.1 Å². The van der Waals surface area contributed by atoms with Gasteiger partial charge in [-0.15, -0.1) is 0 Å². The molecule has 0 saturated heterocycles. The fraction of sp³-hybridized carbons (Fsp3) is 0.174. The Bertz CT molecular complexity index is 1320. The van der Waals surface area contributed by atoms with E-state index in [1.165, 1.54) is 56.7 Å². The molecule has 3 rings (SSSR count). The summed E-state index contributed by atoms with van der Waals surface area (Å²) in [6.45, 7) is -0.855. The van der Waals surface area contributed by atoms with Crippen LogP contribution in [0.25, 0.3) is 0 Å². The predicted molar refractivity (Wildman–Crippen MR) is 126 cm³/mol. The van der Waals surface area contributed by atoms with Crippen molar-refractivity contribution in [2.45, 2.75) is 11.1 Å². The lowest BCUT2D eigenvalue weighted by molar-refractivity contribution is -0.137. The van der Waals surface area contributed by atoms with Gasteiger partial charge in [0.2, 0.25) is 5.91 Å². The molecule has 0 aliphatic rings. The monoisotopic (exact) mass is 528 g/mol. The predicted octanol–water partition coefficient (Wildman–Crippen LogP) is 5.21. The number of methoxy groups -OCH3 is 2. The lowest BCUT2D eigenvalue weighted by Crippen LogP contribution is -2.38. The number of halogens is 4. The summed E-state index contributed by atoms with van der Waals surface area (Å²) >= 11 is 6.12. The van der Waals surface area contributed by atoms with Gasteiger partial charge in [0, 0.05) is 11.8 Å². The lowest BCUT2D eigenvalue weighted by Gasteiger charge is -2.26. The Kier molecular flexibility index (Phi) is 7.81. The number of nitrogens with one attached hydrogen (secondary N) is 1. The molecule has 12 heteroatoms. The van der Waals surface area contributed by atoms with Crippen LogP contribution in [0.15, 0.2) is 71.6 Å². The summed E-state index contributed by atoms with van der Waals surface area (Å²) in [6, 6.07) is 13.7. The first-order valence-electron chi connectivity index (χ1n) is 9.93. The number of ether oxygens (including phenoxy) is 2. The van der Waals surface area contributed by atoms with Crippen molar-refractivity contribution in [1.82, 2.24) is 0 Å². The van der Waals surface area contributed by atoms with E-state index in [2.05, 4.69) is 5.32 Å². The van der Waals surface area contributed by atoms with Crippen molar-refractivity contribution in [3.63, 3.8) is 0 Å². The van der Waals surface area contributed by atoms with Crippen LogP contribution in [0.3, 0.4) is 0 Å². The van der Waals surface area contributed by atoms with E-state index in [1.807, 2.05) is 0 Å². The quantitative estimate of drug-likeness (QED) is 0.434. The highest BCUT2D eigenvalue weighted by Crippen LogP contribution is 2.37. The first-order chi connectivity index (χ1) is 16.5. The molecular weight excluding hydrogens is 509 g/mol. The largest absolute Gasteiger partial charge is 0.493 e. The first-order valence-corrected chi connectivity index (χ1v) is 11.8. The average molecular weight is 529 g/mol. The van der Waals surface area contributed by atoms with Crippen molar-refractivity contribution in [2.24, 2.45) is 0 Å². The second-order valence-electron chi connectivity index (χ2n) is 7.11. The number of alkyl halides is 3. The number of carbonyl (C=O) groups is 1. The summed E-state index contributed by atoms with van der Waals surface area (Å²) in [4.78, 5) is 12.6. The number of carbonyl (C=O) groups excluding carboxylic acids is 1. The average Bonchev–Trinajstić information content (AvgIpc) is 2.82. The van der Waals surface area contributed by atoms with Crippen molar-refractivity contribution in [3.8, 4) is 11.5 Å². The number of amides is 1. The minimum absolute atomic E-state index is 0.229. The lowest BCUT2D eigenvalue weighted by atomic mass is 10.2. The topological polar surface area (TPSA) is 84.9 Å². The maximum absolute atomic E-state index is 13.4. The Balaban J connectivity index is 2.03. The van der Waals surface area contributed by atoms with E-state index in [1.54, 1.807) is 6.07 Å². The van der Waals surface area contributed by atoms with Crippen LogP contribution in [0.5, 0.6) is 11.5 Å². The Morgan fingerprint density at radius 3 is 2.23 bits per heavy atom. The summed E-state index contributed by atoms with van der Waals surface area (Å²) in [6.07, 6.45) is -4.76. The van der Waals surface area contributed by atoms with Crippen LogP contribution < -0.4 is 19.1 Å². The molecule has 0 atom stereocenters. The summed E-state index contributed by atoms with van der Waals surface area (Å²) in [7, 11) is -1.65. The van der Waals surface area contributed by atoms with Crippen LogP contribution in [0, 0.1) is 0 Å². The fourth-order valence-electron chi connectivity index (χ4n) is 3.14. The van der Waals surface area contributed by atoms with Gasteiger partial charge in [0.25, 0.3) is 10.0 Å². The van der Waals surface area contributed by atoms with Crippen molar-refractivity contribution in [3.05, 3.63) is 77.3 Å². The Morgan fingerprint density at radius 2 is 1.63 bits per heavy atom. The molecule has 186 valence electrons. The molecule has 0 fully saturated rings. The third kappa shape index (κ3) is 5.98. The van der Waals surface area contributed by atoms with Gasteiger partial charge in [0.05, 0.1) is 35.4 Å². The molecule has 0 radical (unpaired) electrons. The summed E-state index contributed by atoms with van der Waals surface area (Å²) in [5.74, 6) is -0.125. The van der Waals surface area contributed by atoms with Crippen LogP contribution in [0.2, 0.25) is 5.02 Å². The molecule has 0 heterocycles. The molecular formula is C23H20ClF3N2O5S. The van der Waals surface area contributed by atoms with Gasteiger partial charge in [0.1, 0.15) is 6.54 Å². The minimum Gasteiger partial charge on any atom is -0.493 e. The number of sulfonamides is 1. The Labute approximate surface area is 205 Å². The zero-order valence-electron chi connectivity index (χ0n) is 18.5. The van der Waals surface area contributed by atoms with E-state index in [9.17, 15) is 26.4 Å². The van der Waals surface area contributed by atoms with Gasteiger partial charge in [-0.3, -0.25) is 9.10 Å². The third-order valence-electron chi connectivity index (χ3n) is 4.83. The maximum atomic E-state index is 13.4. The highest BCUT2D eigenvalue weighted by atomic mass is 35.5. The molecule has 0 bridgehead atoms. The molecule has 0 aliphatic carbocycles. The summed E-state index contributed by atoms with van der Waals surface area (Å²) in [5, 5.41) is 2.23. The van der Waals surface area contributed by atoms with Gasteiger partial charge in [0.15, 0.2) is 11.5 Å². The van der Waals surface area contributed by atoms with Crippen molar-refractivity contribution >= 4 is 38.9 Å². The van der Waals surface area contributed by atoms with Gasteiger partial charge in [-0.2, -0.15) is 13.2 Å². The molecule has 1 N–H and O–H groups in total. The van der Waals surface area contributed by atoms with E-state index in [-0.39, 0.29) is 15.6 Å². The van der Waals surface area contributed by atoms with E-state index >= 15 is 0 Å². The summed E-state index contributed by atoms with van der Waals surface area (Å²) in [5.41, 5.74) is -1.36. The normalized spacial score (nSPS) is 11.6. The van der Waals surface area contributed by atoms with Gasteiger partial charge >= 0.3 is 6.18 Å². The van der Waals surface area contributed by atoms with Crippen LogP contribution in [0.4, 0.5) is 24.5 Å². The molecule has 1 amide bonds. The molecule has 3 aromatic rings.